The molecule has 0 radical (unpaired) electrons. The van der Waals surface area contributed by atoms with Crippen molar-refractivity contribution in [3.05, 3.63) is 54.7 Å². The van der Waals surface area contributed by atoms with Crippen LogP contribution in [0.1, 0.15) is 53.4 Å². The van der Waals surface area contributed by atoms with E-state index in [4.69, 9.17) is 4.74 Å². The Labute approximate surface area is 226 Å². The van der Waals surface area contributed by atoms with Crippen LogP contribution in [0.2, 0.25) is 0 Å². The maximum absolute atomic E-state index is 6.40. The minimum absolute atomic E-state index is 0.305. The average Bonchev–Trinajstić information content (AvgIpc) is 3.52. The van der Waals surface area contributed by atoms with Crippen molar-refractivity contribution in [3.8, 4) is 11.6 Å². The van der Waals surface area contributed by atoms with Gasteiger partial charge in [0.2, 0.25) is 0 Å². The van der Waals surface area contributed by atoms with Crippen LogP contribution >= 0.6 is 0 Å². The molecule has 0 bridgehead atoms. The number of benzene rings is 2. The van der Waals surface area contributed by atoms with Crippen LogP contribution in [0.3, 0.4) is 0 Å². The number of hydrogen-bond donors (Lipinski definition) is 2. The van der Waals surface area contributed by atoms with Crippen LogP contribution in [0.15, 0.2) is 54.7 Å². The highest BCUT2D eigenvalue weighted by atomic mass is 16.5. The van der Waals surface area contributed by atoms with E-state index in [1.807, 2.05) is 0 Å². The van der Waals surface area contributed by atoms with Gasteiger partial charge in [-0.25, -0.2) is 0 Å². The highest BCUT2D eigenvalue weighted by Crippen LogP contribution is 2.29. The zero-order chi connectivity index (χ0) is 26.2. The van der Waals surface area contributed by atoms with E-state index in [0.717, 1.165) is 43.0 Å². The minimum atomic E-state index is 0.305. The molecule has 0 saturated carbocycles. The van der Waals surface area contributed by atoms with Gasteiger partial charge < -0.3 is 29.4 Å². The summed E-state index contributed by atoms with van der Waals surface area (Å²) in [5.74, 6) is 2.05. The summed E-state index contributed by atoms with van der Waals surface area (Å²) in [6.07, 6.45) is 7.07. The Morgan fingerprint density at radius 3 is 2.21 bits per heavy atom. The Morgan fingerprint density at radius 2 is 1.50 bits per heavy atom. The van der Waals surface area contributed by atoms with Crippen molar-refractivity contribution in [1.29, 1.82) is 0 Å². The number of H-pyrrole nitrogens is 1. The lowest BCUT2D eigenvalue weighted by Gasteiger charge is -2.35. The van der Waals surface area contributed by atoms with Crippen LogP contribution in [-0.4, -0.2) is 69.8 Å². The number of ether oxygens (including phenoxy) is 1. The molecule has 0 unspecified atom stereocenters. The third-order valence-corrected chi connectivity index (χ3v) is 8.67. The lowest BCUT2D eigenvalue weighted by molar-refractivity contribution is 0.0844. The van der Waals surface area contributed by atoms with Gasteiger partial charge in [0.25, 0.3) is 0 Å². The standard InChI is InChI=1S/C32H43N5O/c1-22(2)35-14-10-26(11-15-35)33-27-5-8-31-24(19-27)9-18-37(31)32-21-25-20-29(6-7-30(25)34-32)38-28-12-16-36(17-13-28)23(3)4/h5-9,18-23,26,28,33-34H,10-17H2,1-4H3. The third kappa shape index (κ3) is 5.29. The second-order valence-corrected chi connectivity index (χ2v) is 11.9. The molecule has 2 aliphatic heterocycles. The molecule has 0 atom stereocenters. The van der Waals surface area contributed by atoms with Gasteiger partial charge in [-0.15, -0.1) is 0 Å². The van der Waals surface area contributed by atoms with E-state index in [1.165, 1.54) is 47.9 Å². The van der Waals surface area contributed by atoms with Gasteiger partial charge in [-0.05, 0) is 102 Å². The van der Waals surface area contributed by atoms with Gasteiger partial charge in [0.1, 0.15) is 17.7 Å². The molecule has 0 amide bonds. The Hall–Kier alpha value is -2.96. The summed E-state index contributed by atoms with van der Waals surface area (Å²) in [5, 5.41) is 6.23. The van der Waals surface area contributed by atoms with E-state index in [9.17, 15) is 0 Å². The van der Waals surface area contributed by atoms with Gasteiger partial charge in [0.15, 0.2) is 0 Å². The number of nitrogens with one attached hydrogen (secondary N) is 2. The molecule has 0 aliphatic carbocycles. The van der Waals surface area contributed by atoms with E-state index < -0.39 is 0 Å². The van der Waals surface area contributed by atoms with Crippen molar-refractivity contribution in [1.82, 2.24) is 19.4 Å². The molecule has 202 valence electrons. The van der Waals surface area contributed by atoms with Gasteiger partial charge in [-0.2, -0.15) is 0 Å². The molecule has 4 heterocycles. The average molecular weight is 514 g/mol. The van der Waals surface area contributed by atoms with Crippen LogP contribution in [0.5, 0.6) is 5.75 Å². The smallest absolute Gasteiger partial charge is 0.120 e. The van der Waals surface area contributed by atoms with Gasteiger partial charge in [0, 0.05) is 72.5 Å². The molecule has 38 heavy (non-hydrogen) atoms. The molecule has 2 fully saturated rings. The number of aromatic amines is 1. The van der Waals surface area contributed by atoms with Crippen molar-refractivity contribution < 1.29 is 4.74 Å². The lowest BCUT2D eigenvalue weighted by Crippen LogP contribution is -2.42. The number of hydrogen-bond acceptors (Lipinski definition) is 4. The number of aromatic nitrogens is 2. The molecular formula is C32H43N5O. The SMILES string of the molecule is CC(C)N1CCC(Nc2ccc3c(ccn3-c3cc4cc(OC5CCN(C(C)C)CC5)ccc4[nH]3)c2)CC1. The van der Waals surface area contributed by atoms with Gasteiger partial charge in [-0.3, -0.25) is 0 Å². The largest absolute Gasteiger partial charge is 0.490 e. The molecule has 4 aromatic rings. The summed E-state index contributed by atoms with van der Waals surface area (Å²) in [6, 6.07) is 19.5. The normalized spacial score (nSPS) is 18.8. The van der Waals surface area contributed by atoms with Gasteiger partial charge in [-0.1, -0.05) is 0 Å². The zero-order valence-corrected chi connectivity index (χ0v) is 23.4. The first-order chi connectivity index (χ1) is 18.4. The summed E-state index contributed by atoms with van der Waals surface area (Å²) >= 11 is 0. The molecule has 6 heteroatoms. The number of anilines is 1. The predicted molar refractivity (Wildman–Crippen MR) is 159 cm³/mol. The number of nitrogens with zero attached hydrogens (tertiary/aromatic N) is 3. The first-order valence-corrected chi connectivity index (χ1v) is 14.6. The van der Waals surface area contributed by atoms with Crippen LogP contribution in [0.25, 0.3) is 27.6 Å². The lowest BCUT2D eigenvalue weighted by atomic mass is 10.0. The van der Waals surface area contributed by atoms with E-state index in [-0.39, 0.29) is 0 Å². The quantitative estimate of drug-likeness (QED) is 0.291. The number of likely N-dealkylation sites (tertiary alicyclic amines) is 2. The molecule has 0 spiro atoms. The zero-order valence-electron chi connectivity index (χ0n) is 23.4. The van der Waals surface area contributed by atoms with Crippen molar-refractivity contribution in [2.75, 3.05) is 31.5 Å². The summed E-state index contributed by atoms with van der Waals surface area (Å²) in [7, 11) is 0. The summed E-state index contributed by atoms with van der Waals surface area (Å²) in [4.78, 5) is 8.73. The van der Waals surface area contributed by atoms with E-state index >= 15 is 0 Å². The topological polar surface area (TPSA) is 48.5 Å². The van der Waals surface area contributed by atoms with Crippen LogP contribution in [0.4, 0.5) is 5.69 Å². The summed E-state index contributed by atoms with van der Waals surface area (Å²) < 4.78 is 8.65. The molecule has 6 nitrogen and oxygen atoms in total. The molecular weight excluding hydrogens is 470 g/mol. The van der Waals surface area contributed by atoms with E-state index in [2.05, 4.69) is 107 Å². The molecule has 2 aromatic heterocycles. The van der Waals surface area contributed by atoms with E-state index in [1.54, 1.807) is 0 Å². The molecule has 2 saturated heterocycles. The molecule has 2 aliphatic rings. The number of fused-ring (bicyclic) bond motifs is 2. The van der Waals surface area contributed by atoms with Gasteiger partial charge >= 0.3 is 0 Å². The fourth-order valence-electron chi connectivity index (χ4n) is 6.24. The maximum atomic E-state index is 6.40. The second kappa shape index (κ2) is 10.7. The number of rotatable bonds is 7. The van der Waals surface area contributed by atoms with Gasteiger partial charge in [0.05, 0.1) is 5.52 Å². The van der Waals surface area contributed by atoms with Crippen molar-refractivity contribution in [3.63, 3.8) is 0 Å². The predicted octanol–water partition coefficient (Wildman–Crippen LogP) is 6.65. The fraction of sp³-hybridized carbons (Fsp3) is 0.500. The minimum Gasteiger partial charge on any atom is -0.490 e. The fourth-order valence-corrected chi connectivity index (χ4v) is 6.24. The Bertz CT molecular complexity index is 1370. The highest BCUT2D eigenvalue weighted by molar-refractivity contribution is 5.88. The highest BCUT2D eigenvalue weighted by Gasteiger charge is 2.23. The van der Waals surface area contributed by atoms with Crippen LogP contribution < -0.4 is 10.1 Å². The molecule has 2 aromatic carbocycles. The van der Waals surface area contributed by atoms with E-state index in [0.29, 0.717) is 24.2 Å². The van der Waals surface area contributed by atoms with Crippen LogP contribution in [-0.2, 0) is 0 Å². The van der Waals surface area contributed by atoms with Crippen molar-refractivity contribution in [2.24, 2.45) is 0 Å². The van der Waals surface area contributed by atoms with Crippen molar-refractivity contribution >= 4 is 27.5 Å². The third-order valence-electron chi connectivity index (χ3n) is 8.67. The Morgan fingerprint density at radius 1 is 0.789 bits per heavy atom. The summed E-state index contributed by atoms with van der Waals surface area (Å²) in [5.41, 5.74) is 3.57. The molecule has 6 rings (SSSR count). The second-order valence-electron chi connectivity index (χ2n) is 11.9. The molecule has 2 N–H and O–H groups in total. The Balaban J connectivity index is 1.14. The monoisotopic (exact) mass is 513 g/mol. The maximum Gasteiger partial charge on any atom is 0.120 e. The summed E-state index contributed by atoms with van der Waals surface area (Å²) in [6.45, 7) is 13.7. The van der Waals surface area contributed by atoms with Crippen LogP contribution in [0, 0.1) is 0 Å². The number of piperidine rings is 2. The first-order valence-electron chi connectivity index (χ1n) is 14.6. The van der Waals surface area contributed by atoms with Crippen molar-refractivity contribution in [2.45, 2.75) is 77.6 Å². The Kier molecular flexibility index (Phi) is 7.10. The first kappa shape index (κ1) is 25.3.